The summed E-state index contributed by atoms with van der Waals surface area (Å²) in [5.74, 6) is 0.0706. The first-order chi connectivity index (χ1) is 18.9. The molecule has 1 unspecified atom stereocenters. The van der Waals surface area contributed by atoms with Gasteiger partial charge in [0.25, 0.3) is 0 Å². The third kappa shape index (κ3) is 5.01. The van der Waals surface area contributed by atoms with Crippen molar-refractivity contribution >= 4 is 30.2 Å². The Hall–Kier alpha value is -2.73. The monoisotopic (exact) mass is 545 g/mol. The maximum Gasteiger partial charge on any atom is 0.180 e. The van der Waals surface area contributed by atoms with Gasteiger partial charge in [-0.05, 0) is 80.8 Å². The van der Waals surface area contributed by atoms with Gasteiger partial charge in [0.1, 0.15) is 0 Å². The second-order valence-corrected chi connectivity index (χ2v) is 14.6. The third-order valence-electron chi connectivity index (χ3n) is 8.25. The van der Waals surface area contributed by atoms with E-state index in [0.29, 0.717) is 18.8 Å². The molecule has 2 aromatic rings. The van der Waals surface area contributed by atoms with Gasteiger partial charge in [-0.15, -0.1) is 0 Å². The van der Waals surface area contributed by atoms with Gasteiger partial charge < -0.3 is 9.64 Å². The lowest BCUT2D eigenvalue weighted by Gasteiger charge is -2.45. The Morgan fingerprint density at radius 2 is 1.62 bits per heavy atom. The number of likely N-dealkylation sites (tertiary alicyclic amines) is 1. The molecule has 39 heavy (non-hydrogen) atoms. The van der Waals surface area contributed by atoms with Crippen LogP contribution < -0.4 is 4.78 Å². The van der Waals surface area contributed by atoms with E-state index in [4.69, 9.17) is 14.6 Å². The zero-order valence-corrected chi connectivity index (χ0v) is 24.4. The molecule has 0 spiro atoms. The van der Waals surface area contributed by atoms with Crippen molar-refractivity contribution in [3.8, 4) is 0 Å². The van der Waals surface area contributed by atoms with Gasteiger partial charge in [0.15, 0.2) is 13.1 Å². The third-order valence-corrected chi connectivity index (χ3v) is 11.9. The van der Waals surface area contributed by atoms with Crippen molar-refractivity contribution in [2.24, 2.45) is 15.3 Å². The van der Waals surface area contributed by atoms with Gasteiger partial charge in [0, 0.05) is 37.4 Å². The van der Waals surface area contributed by atoms with Crippen molar-refractivity contribution < 1.29 is 9.53 Å². The molecule has 0 amide bonds. The number of Topliss-reactive ketones (excluding diaryl/α,β-unsaturated/α-hetero) is 1. The lowest BCUT2D eigenvalue weighted by atomic mass is 9.78. The number of allylic oxidation sites excluding steroid dienone is 2. The predicted octanol–water partition coefficient (Wildman–Crippen LogP) is 7.28. The average Bonchev–Trinajstić information content (AvgIpc) is 3.28. The van der Waals surface area contributed by atoms with E-state index in [-0.39, 0.29) is 11.2 Å². The summed E-state index contributed by atoms with van der Waals surface area (Å²) in [6.07, 6.45) is 5.75. The quantitative estimate of drug-likeness (QED) is 0.292. The van der Waals surface area contributed by atoms with Crippen LogP contribution in [0.4, 0.5) is 11.4 Å². The van der Waals surface area contributed by atoms with Crippen LogP contribution in [0.25, 0.3) is 0 Å². The van der Waals surface area contributed by atoms with Gasteiger partial charge in [-0.2, -0.15) is 5.10 Å². The van der Waals surface area contributed by atoms with Crippen molar-refractivity contribution in [2.75, 3.05) is 44.2 Å². The zero-order valence-electron chi connectivity index (χ0n) is 23.5. The molecule has 0 bridgehead atoms. The van der Waals surface area contributed by atoms with Gasteiger partial charge in [0.05, 0.1) is 35.6 Å². The van der Waals surface area contributed by atoms with E-state index in [2.05, 4.69) is 58.5 Å². The highest BCUT2D eigenvalue weighted by Gasteiger charge is 2.51. The van der Waals surface area contributed by atoms with E-state index in [1.54, 1.807) is 6.92 Å². The summed E-state index contributed by atoms with van der Waals surface area (Å²) >= 11 is 0. The highest BCUT2D eigenvalue weighted by atomic mass is 31.2. The van der Waals surface area contributed by atoms with Crippen LogP contribution in [0.15, 0.2) is 75.5 Å². The number of ketones is 1. The molecule has 4 aliphatic rings. The molecular weight excluding hydrogens is 505 g/mol. The van der Waals surface area contributed by atoms with E-state index in [1.165, 1.54) is 36.0 Å². The van der Waals surface area contributed by atoms with E-state index < -0.39 is 7.36 Å². The molecule has 1 atom stereocenters. The van der Waals surface area contributed by atoms with Crippen molar-refractivity contribution in [1.29, 1.82) is 0 Å². The molecule has 0 N–H and O–H groups in total. The number of carbonyl (C=O) groups is 1. The molecule has 0 radical (unpaired) electrons. The number of hydrogen-bond donors (Lipinski definition) is 0. The number of piperidine rings is 1. The minimum Gasteiger partial charge on any atom is -0.379 e. The predicted molar refractivity (Wildman–Crippen MR) is 160 cm³/mol. The molecule has 0 aromatic heterocycles. The van der Waals surface area contributed by atoms with E-state index in [1.807, 2.05) is 24.3 Å². The number of hydrazone groups is 1. The van der Waals surface area contributed by atoms with Crippen LogP contribution in [-0.2, 0) is 4.74 Å². The molecular formula is C31H40N5O2P. The first kappa shape index (κ1) is 26.5. The summed E-state index contributed by atoms with van der Waals surface area (Å²) in [5.41, 5.74) is 5.46. The molecule has 2 fully saturated rings. The Balaban J connectivity index is 1.65. The van der Waals surface area contributed by atoms with E-state index >= 15 is 0 Å². The van der Waals surface area contributed by atoms with Gasteiger partial charge >= 0.3 is 0 Å². The Labute approximate surface area is 232 Å². The van der Waals surface area contributed by atoms with Gasteiger partial charge in [-0.3, -0.25) is 4.79 Å². The number of morpholine rings is 1. The number of nitrogens with zero attached hydrogens (tertiary/aromatic N) is 5. The topological polar surface area (TPSA) is 60.7 Å². The molecule has 3 aliphatic heterocycles. The number of hydrogen-bond acceptors (Lipinski definition) is 5. The molecule has 2 aromatic carbocycles. The van der Waals surface area contributed by atoms with Crippen molar-refractivity contribution in [2.45, 2.75) is 52.9 Å². The number of fused-ring (bicyclic) bond motifs is 1. The highest BCUT2D eigenvalue weighted by molar-refractivity contribution is 7.71. The first-order valence-electron chi connectivity index (χ1n) is 14.4. The Bertz CT molecular complexity index is 1340. The van der Waals surface area contributed by atoms with Crippen molar-refractivity contribution in [3.63, 3.8) is 0 Å². The van der Waals surface area contributed by atoms with Crippen LogP contribution in [-0.4, -0.2) is 60.5 Å². The fourth-order valence-corrected chi connectivity index (χ4v) is 10.3. The summed E-state index contributed by atoms with van der Waals surface area (Å²) < 4.78 is 16.5. The van der Waals surface area contributed by atoms with Crippen LogP contribution in [0.5, 0.6) is 0 Å². The fourth-order valence-electron chi connectivity index (χ4n) is 6.38. The van der Waals surface area contributed by atoms with E-state index in [9.17, 15) is 4.79 Å². The normalized spacial score (nSPS) is 25.4. The van der Waals surface area contributed by atoms with Gasteiger partial charge in [0.2, 0.25) is 0 Å². The van der Waals surface area contributed by atoms with Crippen molar-refractivity contribution in [3.05, 3.63) is 71.2 Å². The number of para-hydroxylation sites is 1. The number of ether oxygens (including phenoxy) is 1. The van der Waals surface area contributed by atoms with Crippen molar-refractivity contribution in [1.82, 2.24) is 9.57 Å². The molecule has 8 heteroatoms. The van der Waals surface area contributed by atoms with Crippen LogP contribution in [0.3, 0.4) is 0 Å². The lowest BCUT2D eigenvalue weighted by Crippen LogP contribution is -2.40. The summed E-state index contributed by atoms with van der Waals surface area (Å²) in [6, 6.07) is 18.4. The molecule has 7 nitrogen and oxygen atoms in total. The SMILES string of the molecule is CC(=O)c1ccc(N=P2(N3CCOCC3)C3=C(N4CCCCC4)CC(C)(C)CC3=NN2c2ccccc2)cc1. The summed E-state index contributed by atoms with van der Waals surface area (Å²) in [5, 5.41) is 6.84. The average molecular weight is 546 g/mol. The minimum atomic E-state index is -2.56. The smallest absolute Gasteiger partial charge is 0.180 e. The van der Waals surface area contributed by atoms with Crippen LogP contribution >= 0.6 is 7.36 Å². The van der Waals surface area contributed by atoms with Crippen LogP contribution in [0, 0.1) is 5.41 Å². The zero-order chi connectivity index (χ0) is 27.0. The minimum absolute atomic E-state index is 0.0706. The fraction of sp³-hybridized carbons (Fsp3) is 0.484. The lowest BCUT2D eigenvalue weighted by molar-refractivity contribution is 0.0742. The van der Waals surface area contributed by atoms with Gasteiger partial charge in [-0.1, -0.05) is 32.0 Å². The van der Waals surface area contributed by atoms with Crippen LogP contribution in [0.1, 0.15) is 63.2 Å². The standard InChI is InChI=1S/C31H40N5O2P/c1-24(37)25-12-14-26(15-13-25)33-39(35-18-20-38-21-19-35)30-28(32-36(39)27-10-6-4-7-11-27)22-31(2,3)23-29(30)34-16-8-5-9-17-34/h4,6-7,10-15H,5,8-9,16-23H2,1-3H3. The molecule has 206 valence electrons. The molecule has 1 aliphatic carbocycles. The number of rotatable bonds is 5. The molecule has 2 saturated heterocycles. The number of benzene rings is 2. The summed E-state index contributed by atoms with van der Waals surface area (Å²) in [4.78, 5) is 14.7. The maximum atomic E-state index is 12.0. The number of carbonyl (C=O) groups excluding carboxylic acids is 1. The molecule has 0 saturated carbocycles. The van der Waals surface area contributed by atoms with E-state index in [0.717, 1.165) is 50.4 Å². The second kappa shape index (κ2) is 10.7. The van der Waals surface area contributed by atoms with Gasteiger partial charge in [-0.25, -0.2) is 14.2 Å². The number of anilines is 1. The Kier molecular flexibility index (Phi) is 7.26. The first-order valence-corrected chi connectivity index (χ1v) is 16.0. The largest absolute Gasteiger partial charge is 0.379 e. The Morgan fingerprint density at radius 1 is 0.923 bits per heavy atom. The highest BCUT2D eigenvalue weighted by Crippen LogP contribution is 2.72. The second-order valence-electron chi connectivity index (χ2n) is 11.9. The van der Waals surface area contributed by atoms with Crippen LogP contribution in [0.2, 0.25) is 0 Å². The Morgan fingerprint density at radius 3 is 2.28 bits per heavy atom. The molecule has 3 heterocycles. The summed E-state index contributed by atoms with van der Waals surface area (Å²) in [6.45, 7) is 11.6. The summed E-state index contributed by atoms with van der Waals surface area (Å²) in [7, 11) is -2.56. The maximum absolute atomic E-state index is 12.0. The molecule has 6 rings (SSSR count).